The highest BCUT2D eigenvalue weighted by molar-refractivity contribution is 7.89. The number of aromatic nitrogens is 2. The molecule has 1 amide bonds. The average molecular weight is 426 g/mol. The highest BCUT2D eigenvalue weighted by Gasteiger charge is 2.25. The van der Waals surface area contributed by atoms with Crippen molar-refractivity contribution >= 4 is 27.4 Å². The summed E-state index contributed by atoms with van der Waals surface area (Å²) in [4.78, 5) is 20.8. The minimum absolute atomic E-state index is 0.0402. The van der Waals surface area contributed by atoms with E-state index < -0.39 is 21.5 Å². The predicted octanol–water partition coefficient (Wildman–Crippen LogP) is 3.05. The van der Waals surface area contributed by atoms with Crippen molar-refractivity contribution in [2.45, 2.75) is 31.2 Å². The van der Waals surface area contributed by atoms with Gasteiger partial charge in [0.25, 0.3) is 5.91 Å². The number of rotatable bonds is 5. The summed E-state index contributed by atoms with van der Waals surface area (Å²) in [6.45, 7) is 5.29. The number of pyridine rings is 2. The Morgan fingerprint density at radius 1 is 1.07 bits per heavy atom. The van der Waals surface area contributed by atoms with Crippen LogP contribution in [-0.4, -0.2) is 29.8 Å². The second kappa shape index (κ2) is 8.21. The standard InChI is InChI=1S/C21H23N5O3S/c1-21(2,3)26-30(28,29)18-7-5-4-6-16(18)14-12-17(19(22)24-13-14)20(27)25-15-8-10-23-11-9-15/h4-13,26H,1-3H3,(H2,22,24)(H,23,25,27). The Bertz CT molecular complexity index is 1170. The molecule has 0 radical (unpaired) electrons. The zero-order valence-corrected chi connectivity index (χ0v) is 17.7. The molecule has 0 fully saturated rings. The van der Waals surface area contributed by atoms with Crippen LogP contribution in [0.25, 0.3) is 11.1 Å². The van der Waals surface area contributed by atoms with Crippen LogP contribution in [0.5, 0.6) is 0 Å². The first kappa shape index (κ1) is 21.4. The van der Waals surface area contributed by atoms with E-state index in [1.54, 1.807) is 63.5 Å². The monoisotopic (exact) mass is 425 g/mol. The van der Waals surface area contributed by atoms with E-state index in [0.717, 1.165) is 0 Å². The van der Waals surface area contributed by atoms with Gasteiger partial charge in [-0.1, -0.05) is 18.2 Å². The Morgan fingerprint density at radius 2 is 1.73 bits per heavy atom. The average Bonchev–Trinajstić information content (AvgIpc) is 2.67. The van der Waals surface area contributed by atoms with Gasteiger partial charge in [-0.05, 0) is 45.0 Å². The smallest absolute Gasteiger partial charge is 0.259 e. The molecule has 0 aliphatic carbocycles. The Balaban J connectivity index is 2.02. The van der Waals surface area contributed by atoms with Crippen molar-refractivity contribution in [1.29, 1.82) is 0 Å². The van der Waals surface area contributed by atoms with Crippen molar-refractivity contribution in [3.63, 3.8) is 0 Å². The van der Waals surface area contributed by atoms with Gasteiger partial charge in [0.15, 0.2) is 0 Å². The van der Waals surface area contributed by atoms with Gasteiger partial charge in [0.1, 0.15) is 5.82 Å². The summed E-state index contributed by atoms with van der Waals surface area (Å²) in [6, 6.07) is 11.4. The molecule has 0 saturated carbocycles. The van der Waals surface area contributed by atoms with E-state index >= 15 is 0 Å². The molecule has 8 nitrogen and oxygen atoms in total. The molecule has 4 N–H and O–H groups in total. The summed E-state index contributed by atoms with van der Waals surface area (Å²) in [6.07, 6.45) is 4.55. The van der Waals surface area contributed by atoms with Gasteiger partial charge in [-0.15, -0.1) is 0 Å². The fraction of sp³-hybridized carbons (Fsp3) is 0.190. The Labute approximate surface area is 175 Å². The number of carbonyl (C=O) groups is 1. The van der Waals surface area contributed by atoms with Gasteiger partial charge >= 0.3 is 0 Å². The molecule has 9 heteroatoms. The molecule has 0 unspecified atom stereocenters. The van der Waals surface area contributed by atoms with Gasteiger partial charge in [0, 0.05) is 40.9 Å². The number of hydrogen-bond donors (Lipinski definition) is 3. The molecule has 0 aliphatic heterocycles. The lowest BCUT2D eigenvalue weighted by molar-refractivity contribution is 0.102. The zero-order chi connectivity index (χ0) is 21.9. The first-order valence-corrected chi connectivity index (χ1v) is 10.7. The van der Waals surface area contributed by atoms with E-state index in [9.17, 15) is 13.2 Å². The summed E-state index contributed by atoms with van der Waals surface area (Å²) in [5.41, 5.74) is 6.83. The van der Waals surface area contributed by atoms with Crippen LogP contribution < -0.4 is 15.8 Å². The summed E-state index contributed by atoms with van der Waals surface area (Å²) < 4.78 is 28.5. The van der Waals surface area contributed by atoms with Gasteiger partial charge in [-0.2, -0.15) is 0 Å². The number of anilines is 2. The van der Waals surface area contributed by atoms with E-state index in [-0.39, 0.29) is 16.3 Å². The van der Waals surface area contributed by atoms with Crippen LogP contribution in [0.3, 0.4) is 0 Å². The van der Waals surface area contributed by atoms with Crippen LogP contribution in [0, 0.1) is 0 Å². The van der Waals surface area contributed by atoms with E-state index in [0.29, 0.717) is 16.8 Å². The maximum Gasteiger partial charge on any atom is 0.259 e. The Hall–Kier alpha value is -3.30. The molecule has 3 aromatic rings. The number of amides is 1. The quantitative estimate of drug-likeness (QED) is 0.576. The summed E-state index contributed by atoms with van der Waals surface area (Å²) in [5, 5.41) is 2.72. The van der Waals surface area contributed by atoms with Crippen LogP contribution in [0.4, 0.5) is 11.5 Å². The zero-order valence-electron chi connectivity index (χ0n) is 16.9. The number of nitrogens with zero attached hydrogens (tertiary/aromatic N) is 2. The third-order valence-corrected chi connectivity index (χ3v) is 5.85. The minimum Gasteiger partial charge on any atom is -0.383 e. The van der Waals surface area contributed by atoms with Crippen LogP contribution in [0.15, 0.2) is 66.0 Å². The van der Waals surface area contributed by atoms with Crippen molar-refractivity contribution in [1.82, 2.24) is 14.7 Å². The molecular formula is C21H23N5O3S. The lowest BCUT2D eigenvalue weighted by Crippen LogP contribution is -2.40. The second-order valence-corrected chi connectivity index (χ2v) is 9.35. The van der Waals surface area contributed by atoms with Crippen molar-refractivity contribution in [3.05, 3.63) is 66.6 Å². The summed E-state index contributed by atoms with van der Waals surface area (Å²) in [5.74, 6) is -0.417. The number of benzene rings is 1. The van der Waals surface area contributed by atoms with Crippen molar-refractivity contribution < 1.29 is 13.2 Å². The number of nitrogen functional groups attached to an aromatic ring is 1. The van der Waals surface area contributed by atoms with Gasteiger partial charge in [0.05, 0.1) is 10.5 Å². The molecular weight excluding hydrogens is 402 g/mol. The van der Waals surface area contributed by atoms with Crippen LogP contribution >= 0.6 is 0 Å². The van der Waals surface area contributed by atoms with Crippen molar-refractivity contribution in [2.24, 2.45) is 0 Å². The van der Waals surface area contributed by atoms with Crippen molar-refractivity contribution in [3.8, 4) is 11.1 Å². The van der Waals surface area contributed by atoms with E-state index in [4.69, 9.17) is 5.73 Å². The molecule has 30 heavy (non-hydrogen) atoms. The lowest BCUT2D eigenvalue weighted by atomic mass is 10.1. The minimum atomic E-state index is -3.81. The first-order valence-electron chi connectivity index (χ1n) is 9.17. The first-order chi connectivity index (χ1) is 14.1. The number of hydrogen-bond acceptors (Lipinski definition) is 6. The number of nitrogens with two attached hydrogens (primary N) is 1. The molecule has 3 rings (SSSR count). The van der Waals surface area contributed by atoms with E-state index in [1.807, 2.05) is 0 Å². The normalized spacial score (nSPS) is 11.8. The van der Waals surface area contributed by atoms with Crippen LogP contribution in [-0.2, 0) is 10.0 Å². The number of carbonyl (C=O) groups excluding carboxylic acids is 1. The summed E-state index contributed by atoms with van der Waals surface area (Å²) in [7, 11) is -3.81. The lowest BCUT2D eigenvalue weighted by Gasteiger charge is -2.21. The number of nitrogens with one attached hydrogen (secondary N) is 2. The largest absolute Gasteiger partial charge is 0.383 e. The third kappa shape index (κ3) is 5.00. The molecule has 0 saturated heterocycles. The van der Waals surface area contributed by atoms with Gasteiger partial charge < -0.3 is 11.1 Å². The SMILES string of the molecule is CC(C)(C)NS(=O)(=O)c1ccccc1-c1cnc(N)c(C(=O)Nc2ccncc2)c1. The molecule has 2 aromatic heterocycles. The fourth-order valence-corrected chi connectivity index (χ4v) is 4.48. The molecule has 0 atom stereocenters. The molecule has 0 bridgehead atoms. The Kier molecular flexibility index (Phi) is 5.86. The third-order valence-electron chi connectivity index (χ3n) is 4.03. The highest BCUT2D eigenvalue weighted by Crippen LogP contribution is 2.29. The molecule has 1 aromatic carbocycles. The molecule has 0 aliphatic rings. The molecule has 0 spiro atoms. The predicted molar refractivity (Wildman–Crippen MR) is 116 cm³/mol. The highest BCUT2D eigenvalue weighted by atomic mass is 32.2. The van der Waals surface area contributed by atoms with Gasteiger partial charge in [-0.3, -0.25) is 9.78 Å². The van der Waals surface area contributed by atoms with E-state index in [1.165, 1.54) is 18.3 Å². The number of sulfonamides is 1. The molecule has 2 heterocycles. The fourth-order valence-electron chi connectivity index (χ4n) is 2.84. The van der Waals surface area contributed by atoms with Crippen LogP contribution in [0.1, 0.15) is 31.1 Å². The van der Waals surface area contributed by atoms with E-state index in [2.05, 4.69) is 20.0 Å². The Morgan fingerprint density at radius 3 is 2.40 bits per heavy atom. The maximum atomic E-state index is 12.9. The van der Waals surface area contributed by atoms with Crippen molar-refractivity contribution in [2.75, 3.05) is 11.1 Å². The van der Waals surface area contributed by atoms with Gasteiger partial charge in [-0.25, -0.2) is 18.1 Å². The topological polar surface area (TPSA) is 127 Å². The summed E-state index contributed by atoms with van der Waals surface area (Å²) >= 11 is 0. The van der Waals surface area contributed by atoms with Crippen LogP contribution in [0.2, 0.25) is 0 Å². The van der Waals surface area contributed by atoms with Gasteiger partial charge in [0.2, 0.25) is 10.0 Å². The maximum absolute atomic E-state index is 12.9. The second-order valence-electron chi connectivity index (χ2n) is 7.70. The molecule has 156 valence electrons.